The number of carbonyl (C=O) groups excluding carboxylic acids is 2. The van der Waals surface area contributed by atoms with Crippen LogP contribution in [0.5, 0.6) is 0 Å². The van der Waals surface area contributed by atoms with E-state index in [1.54, 1.807) is 18.2 Å². The molecule has 0 spiro atoms. The number of aromatic nitrogens is 2. The van der Waals surface area contributed by atoms with Crippen LogP contribution in [0.25, 0.3) is 0 Å². The molecule has 0 aliphatic heterocycles. The van der Waals surface area contributed by atoms with Crippen molar-refractivity contribution in [3.05, 3.63) is 78.2 Å². The lowest BCUT2D eigenvalue weighted by Crippen LogP contribution is -2.24. The van der Waals surface area contributed by atoms with Crippen LogP contribution in [0.15, 0.2) is 67.0 Å². The SMILES string of the molecule is CC(=O)Nc1cccc(Nc2cc(C(=O)NCc3ccccc3)ncn2)c1. The molecule has 3 rings (SSSR count). The van der Waals surface area contributed by atoms with Crippen LogP contribution >= 0.6 is 0 Å². The molecular formula is C20H19N5O2. The van der Waals surface area contributed by atoms with Gasteiger partial charge in [0.1, 0.15) is 17.8 Å². The third kappa shape index (κ3) is 5.37. The van der Waals surface area contributed by atoms with Crippen LogP contribution in [-0.4, -0.2) is 21.8 Å². The van der Waals surface area contributed by atoms with Gasteiger partial charge in [-0.1, -0.05) is 36.4 Å². The molecule has 1 aromatic heterocycles. The summed E-state index contributed by atoms with van der Waals surface area (Å²) in [6.07, 6.45) is 1.33. The normalized spacial score (nSPS) is 10.1. The minimum atomic E-state index is -0.281. The molecule has 27 heavy (non-hydrogen) atoms. The van der Waals surface area contributed by atoms with Gasteiger partial charge in [-0.05, 0) is 23.8 Å². The number of hydrogen-bond acceptors (Lipinski definition) is 5. The van der Waals surface area contributed by atoms with Crippen LogP contribution < -0.4 is 16.0 Å². The molecule has 3 aromatic rings. The van der Waals surface area contributed by atoms with E-state index in [0.717, 1.165) is 11.3 Å². The van der Waals surface area contributed by atoms with Crippen molar-refractivity contribution in [1.82, 2.24) is 15.3 Å². The average Bonchev–Trinajstić information content (AvgIpc) is 2.67. The number of rotatable bonds is 6. The third-order valence-corrected chi connectivity index (χ3v) is 3.65. The Kier molecular flexibility index (Phi) is 5.73. The van der Waals surface area contributed by atoms with Crippen LogP contribution in [0, 0.1) is 0 Å². The van der Waals surface area contributed by atoms with Crippen molar-refractivity contribution in [1.29, 1.82) is 0 Å². The molecule has 0 saturated carbocycles. The van der Waals surface area contributed by atoms with E-state index in [4.69, 9.17) is 0 Å². The number of carbonyl (C=O) groups is 2. The first kappa shape index (κ1) is 18.1. The van der Waals surface area contributed by atoms with Gasteiger partial charge in [0.2, 0.25) is 5.91 Å². The Morgan fingerprint density at radius 3 is 2.48 bits per heavy atom. The van der Waals surface area contributed by atoms with E-state index in [1.807, 2.05) is 42.5 Å². The number of nitrogens with one attached hydrogen (secondary N) is 3. The van der Waals surface area contributed by atoms with Gasteiger partial charge >= 0.3 is 0 Å². The van der Waals surface area contributed by atoms with Gasteiger partial charge in [-0.25, -0.2) is 9.97 Å². The maximum Gasteiger partial charge on any atom is 0.270 e. The molecule has 0 atom stereocenters. The zero-order valence-corrected chi connectivity index (χ0v) is 14.8. The number of amides is 2. The van der Waals surface area contributed by atoms with E-state index in [1.165, 1.54) is 13.3 Å². The minimum absolute atomic E-state index is 0.147. The van der Waals surface area contributed by atoms with Crippen LogP contribution in [0.2, 0.25) is 0 Å². The minimum Gasteiger partial charge on any atom is -0.347 e. The van der Waals surface area contributed by atoms with Gasteiger partial charge in [-0.3, -0.25) is 9.59 Å². The zero-order valence-electron chi connectivity index (χ0n) is 14.8. The molecular weight excluding hydrogens is 342 g/mol. The number of hydrogen-bond donors (Lipinski definition) is 3. The molecule has 2 aromatic carbocycles. The van der Waals surface area contributed by atoms with E-state index in [9.17, 15) is 9.59 Å². The maximum absolute atomic E-state index is 12.3. The number of benzene rings is 2. The highest BCUT2D eigenvalue weighted by molar-refractivity contribution is 5.93. The molecule has 0 aliphatic rings. The average molecular weight is 361 g/mol. The first-order valence-corrected chi connectivity index (χ1v) is 8.39. The second-order valence-corrected chi connectivity index (χ2v) is 5.84. The molecule has 2 amide bonds. The topological polar surface area (TPSA) is 96.0 Å². The van der Waals surface area contributed by atoms with E-state index < -0.39 is 0 Å². The second kappa shape index (κ2) is 8.57. The monoisotopic (exact) mass is 361 g/mol. The van der Waals surface area contributed by atoms with Gasteiger partial charge in [-0.15, -0.1) is 0 Å². The number of nitrogens with zero attached hydrogens (tertiary/aromatic N) is 2. The predicted octanol–water partition coefficient (Wildman–Crippen LogP) is 3.11. The highest BCUT2D eigenvalue weighted by atomic mass is 16.2. The highest BCUT2D eigenvalue weighted by Gasteiger charge is 2.09. The molecule has 0 fully saturated rings. The smallest absolute Gasteiger partial charge is 0.270 e. The van der Waals surface area contributed by atoms with Gasteiger partial charge in [0.15, 0.2) is 0 Å². The van der Waals surface area contributed by atoms with Crippen LogP contribution in [0.3, 0.4) is 0 Å². The van der Waals surface area contributed by atoms with Crippen molar-refractivity contribution in [2.45, 2.75) is 13.5 Å². The molecule has 0 unspecified atom stereocenters. The lowest BCUT2D eigenvalue weighted by molar-refractivity contribution is -0.114. The van der Waals surface area contributed by atoms with Gasteiger partial charge in [-0.2, -0.15) is 0 Å². The molecule has 0 radical (unpaired) electrons. The van der Waals surface area contributed by atoms with Crippen molar-refractivity contribution in [3.63, 3.8) is 0 Å². The summed E-state index contributed by atoms with van der Waals surface area (Å²) in [6.45, 7) is 1.87. The molecule has 7 heteroatoms. The predicted molar refractivity (Wildman–Crippen MR) is 104 cm³/mol. The third-order valence-electron chi connectivity index (χ3n) is 3.65. The van der Waals surface area contributed by atoms with Crippen LogP contribution in [0.1, 0.15) is 23.0 Å². The van der Waals surface area contributed by atoms with Crippen molar-refractivity contribution >= 4 is 29.0 Å². The van der Waals surface area contributed by atoms with Crippen molar-refractivity contribution in [3.8, 4) is 0 Å². The largest absolute Gasteiger partial charge is 0.347 e. The fourth-order valence-electron chi connectivity index (χ4n) is 2.44. The quantitative estimate of drug-likeness (QED) is 0.627. The first-order valence-electron chi connectivity index (χ1n) is 8.39. The van der Waals surface area contributed by atoms with E-state index in [2.05, 4.69) is 25.9 Å². The Labute approximate surface area is 156 Å². The zero-order chi connectivity index (χ0) is 19.1. The Morgan fingerprint density at radius 1 is 0.926 bits per heavy atom. The lowest BCUT2D eigenvalue weighted by Gasteiger charge is -2.09. The summed E-state index contributed by atoms with van der Waals surface area (Å²) in [5.74, 6) is 0.0534. The summed E-state index contributed by atoms with van der Waals surface area (Å²) in [5, 5.41) is 8.65. The van der Waals surface area contributed by atoms with Gasteiger partial charge in [0, 0.05) is 30.9 Å². The molecule has 1 heterocycles. The van der Waals surface area contributed by atoms with Crippen molar-refractivity contribution in [2.24, 2.45) is 0 Å². The molecule has 7 nitrogen and oxygen atoms in total. The van der Waals surface area contributed by atoms with E-state index in [0.29, 0.717) is 18.1 Å². The van der Waals surface area contributed by atoms with Crippen LogP contribution in [-0.2, 0) is 11.3 Å². The van der Waals surface area contributed by atoms with Gasteiger partial charge < -0.3 is 16.0 Å². The summed E-state index contributed by atoms with van der Waals surface area (Å²) < 4.78 is 0. The molecule has 0 bridgehead atoms. The molecule has 136 valence electrons. The fraction of sp³-hybridized carbons (Fsp3) is 0.100. The molecule has 0 aliphatic carbocycles. The molecule has 3 N–H and O–H groups in total. The lowest BCUT2D eigenvalue weighted by atomic mass is 10.2. The number of anilines is 3. The standard InChI is InChI=1S/C20H19N5O2/c1-14(26)24-16-8-5-9-17(10-16)25-19-11-18(22-13-23-19)20(27)21-12-15-6-3-2-4-7-15/h2-11,13H,12H2,1H3,(H,21,27)(H,24,26)(H,22,23,25). The van der Waals surface area contributed by atoms with E-state index in [-0.39, 0.29) is 17.5 Å². The summed E-state index contributed by atoms with van der Waals surface area (Å²) in [7, 11) is 0. The summed E-state index contributed by atoms with van der Waals surface area (Å²) >= 11 is 0. The Balaban J connectivity index is 1.66. The second-order valence-electron chi connectivity index (χ2n) is 5.84. The Hall–Kier alpha value is -3.74. The van der Waals surface area contributed by atoms with Crippen LogP contribution in [0.4, 0.5) is 17.2 Å². The summed E-state index contributed by atoms with van der Waals surface area (Å²) in [6, 6.07) is 18.4. The van der Waals surface area contributed by atoms with Crippen molar-refractivity contribution < 1.29 is 9.59 Å². The maximum atomic E-state index is 12.3. The first-order chi connectivity index (χ1) is 13.1. The summed E-state index contributed by atoms with van der Waals surface area (Å²) in [4.78, 5) is 31.7. The Bertz CT molecular complexity index is 944. The summed E-state index contributed by atoms with van der Waals surface area (Å²) in [5.41, 5.74) is 2.67. The van der Waals surface area contributed by atoms with Gasteiger partial charge in [0.05, 0.1) is 0 Å². The molecule has 0 saturated heterocycles. The van der Waals surface area contributed by atoms with Gasteiger partial charge in [0.25, 0.3) is 5.91 Å². The fourth-order valence-corrected chi connectivity index (χ4v) is 2.44. The van der Waals surface area contributed by atoms with E-state index >= 15 is 0 Å². The Morgan fingerprint density at radius 2 is 1.70 bits per heavy atom. The van der Waals surface area contributed by atoms with Crippen molar-refractivity contribution in [2.75, 3.05) is 10.6 Å². The highest BCUT2D eigenvalue weighted by Crippen LogP contribution is 2.19.